The predicted octanol–water partition coefficient (Wildman–Crippen LogP) is 3.27. The highest BCUT2D eigenvalue weighted by Crippen LogP contribution is 2.18. The van der Waals surface area contributed by atoms with Gasteiger partial charge in [0.25, 0.3) is 0 Å². The summed E-state index contributed by atoms with van der Waals surface area (Å²) in [7, 11) is 2.07. The van der Waals surface area contributed by atoms with Gasteiger partial charge < -0.3 is 14.6 Å². The van der Waals surface area contributed by atoms with Crippen LogP contribution in [0, 0.1) is 0 Å². The Morgan fingerprint density at radius 3 is 2.53 bits per heavy atom. The van der Waals surface area contributed by atoms with Gasteiger partial charge in [-0.1, -0.05) is 12.1 Å². The van der Waals surface area contributed by atoms with E-state index in [9.17, 15) is 0 Å². The number of nitrogens with zero attached hydrogens (tertiary/aromatic N) is 1. The van der Waals surface area contributed by atoms with Crippen LogP contribution in [0.1, 0.15) is 31.1 Å². The third kappa shape index (κ3) is 3.61. The van der Waals surface area contributed by atoms with Gasteiger partial charge >= 0.3 is 0 Å². The quantitative estimate of drug-likeness (QED) is 0.860. The van der Waals surface area contributed by atoms with Crippen molar-refractivity contribution in [1.82, 2.24) is 9.88 Å². The average molecular weight is 258 g/mol. The fraction of sp³-hybridized carbons (Fsp3) is 0.375. The number of aryl methyl sites for hydroxylation is 1. The van der Waals surface area contributed by atoms with Gasteiger partial charge in [-0.2, -0.15) is 0 Å². The normalized spacial score (nSPS) is 12.4. The molecule has 1 N–H and O–H groups in total. The second-order valence-corrected chi connectivity index (χ2v) is 4.72. The van der Waals surface area contributed by atoms with Crippen molar-refractivity contribution in [3.05, 3.63) is 53.9 Å². The van der Waals surface area contributed by atoms with Crippen molar-refractivity contribution in [2.75, 3.05) is 6.61 Å². The Bertz CT molecular complexity index is 502. The molecule has 3 nitrogen and oxygen atoms in total. The fourth-order valence-corrected chi connectivity index (χ4v) is 2.08. The smallest absolute Gasteiger partial charge is 0.119 e. The molecule has 0 bridgehead atoms. The third-order valence-electron chi connectivity index (χ3n) is 3.33. The van der Waals surface area contributed by atoms with Crippen molar-refractivity contribution in [3.63, 3.8) is 0 Å². The van der Waals surface area contributed by atoms with E-state index < -0.39 is 0 Å². The van der Waals surface area contributed by atoms with Crippen LogP contribution in [0.25, 0.3) is 0 Å². The van der Waals surface area contributed by atoms with Crippen LogP contribution in [0.4, 0.5) is 0 Å². The fourth-order valence-electron chi connectivity index (χ4n) is 2.08. The summed E-state index contributed by atoms with van der Waals surface area (Å²) >= 11 is 0. The minimum absolute atomic E-state index is 0.325. The molecule has 2 aromatic rings. The minimum atomic E-state index is 0.325. The van der Waals surface area contributed by atoms with E-state index in [1.807, 2.05) is 19.1 Å². The highest BCUT2D eigenvalue weighted by atomic mass is 16.5. The van der Waals surface area contributed by atoms with E-state index in [0.717, 1.165) is 12.3 Å². The molecule has 0 saturated carbocycles. The lowest BCUT2D eigenvalue weighted by Gasteiger charge is -2.15. The molecule has 1 unspecified atom stereocenters. The number of aromatic nitrogens is 1. The Morgan fingerprint density at radius 2 is 1.95 bits per heavy atom. The second kappa shape index (κ2) is 6.43. The molecule has 0 aliphatic heterocycles. The molecule has 102 valence electrons. The summed E-state index contributed by atoms with van der Waals surface area (Å²) in [6.07, 6.45) is 2.07. The predicted molar refractivity (Wildman–Crippen MR) is 78.3 cm³/mol. The number of hydrogen-bond donors (Lipinski definition) is 1. The maximum atomic E-state index is 5.45. The first-order valence-electron chi connectivity index (χ1n) is 6.77. The van der Waals surface area contributed by atoms with Crippen LogP contribution in [0.3, 0.4) is 0 Å². The molecule has 3 heteroatoms. The largest absolute Gasteiger partial charge is 0.494 e. The molecule has 0 spiro atoms. The summed E-state index contributed by atoms with van der Waals surface area (Å²) in [6.45, 7) is 5.76. The Balaban J connectivity index is 1.92. The molecule has 0 aliphatic rings. The first-order chi connectivity index (χ1) is 9.20. The van der Waals surface area contributed by atoms with Crippen molar-refractivity contribution in [1.29, 1.82) is 0 Å². The molecule has 19 heavy (non-hydrogen) atoms. The van der Waals surface area contributed by atoms with Crippen LogP contribution in [0.2, 0.25) is 0 Å². The zero-order chi connectivity index (χ0) is 13.7. The van der Waals surface area contributed by atoms with Gasteiger partial charge in [-0.3, -0.25) is 0 Å². The molecule has 1 atom stereocenters. The number of hydrogen-bond acceptors (Lipinski definition) is 2. The summed E-state index contributed by atoms with van der Waals surface area (Å²) < 4.78 is 7.59. The molecule has 1 aromatic carbocycles. The van der Waals surface area contributed by atoms with Gasteiger partial charge in [0.2, 0.25) is 0 Å². The summed E-state index contributed by atoms with van der Waals surface area (Å²) in [6, 6.07) is 12.8. The van der Waals surface area contributed by atoms with Gasteiger partial charge in [0.15, 0.2) is 0 Å². The first-order valence-corrected chi connectivity index (χ1v) is 6.77. The summed E-state index contributed by atoms with van der Waals surface area (Å²) in [5.74, 6) is 0.931. The number of nitrogens with one attached hydrogen (secondary N) is 1. The molecule has 0 aliphatic carbocycles. The maximum Gasteiger partial charge on any atom is 0.119 e. The third-order valence-corrected chi connectivity index (χ3v) is 3.33. The van der Waals surface area contributed by atoms with Gasteiger partial charge in [-0.25, -0.2) is 0 Å². The lowest BCUT2D eigenvalue weighted by atomic mass is 10.1. The van der Waals surface area contributed by atoms with Crippen molar-refractivity contribution >= 4 is 0 Å². The molecule has 2 rings (SSSR count). The lowest BCUT2D eigenvalue weighted by Crippen LogP contribution is -2.19. The molecule has 0 amide bonds. The van der Waals surface area contributed by atoms with Gasteiger partial charge in [-0.05, 0) is 43.7 Å². The number of benzene rings is 1. The van der Waals surface area contributed by atoms with Crippen LogP contribution in [0.15, 0.2) is 42.6 Å². The van der Waals surface area contributed by atoms with Gasteiger partial charge in [0.1, 0.15) is 5.75 Å². The summed E-state index contributed by atoms with van der Waals surface area (Å²) in [5, 5.41) is 3.53. The van der Waals surface area contributed by atoms with Crippen molar-refractivity contribution in [2.24, 2.45) is 7.05 Å². The topological polar surface area (TPSA) is 26.2 Å². The first kappa shape index (κ1) is 13.7. The van der Waals surface area contributed by atoms with E-state index in [-0.39, 0.29) is 0 Å². The SMILES string of the molecule is CCOc1ccc(C(C)NCc2cccn2C)cc1. The van der Waals surface area contributed by atoms with Crippen LogP contribution >= 0.6 is 0 Å². The van der Waals surface area contributed by atoms with Crippen molar-refractivity contribution < 1.29 is 4.74 Å². The molecule has 0 fully saturated rings. The Morgan fingerprint density at radius 1 is 1.21 bits per heavy atom. The van der Waals surface area contributed by atoms with E-state index >= 15 is 0 Å². The van der Waals surface area contributed by atoms with E-state index in [2.05, 4.69) is 54.3 Å². The number of ether oxygens (including phenoxy) is 1. The van der Waals surface area contributed by atoms with E-state index in [4.69, 9.17) is 4.74 Å². The van der Waals surface area contributed by atoms with Crippen molar-refractivity contribution in [3.8, 4) is 5.75 Å². The standard InChI is InChI=1S/C16H22N2O/c1-4-19-16-9-7-14(8-10-16)13(2)17-12-15-6-5-11-18(15)3/h5-11,13,17H,4,12H2,1-3H3. The molecule has 0 radical (unpaired) electrons. The van der Waals surface area contributed by atoms with Crippen LogP contribution in [-0.4, -0.2) is 11.2 Å². The zero-order valence-electron chi connectivity index (χ0n) is 11.9. The van der Waals surface area contributed by atoms with Crippen LogP contribution in [-0.2, 0) is 13.6 Å². The van der Waals surface area contributed by atoms with Crippen molar-refractivity contribution in [2.45, 2.75) is 26.4 Å². The zero-order valence-corrected chi connectivity index (χ0v) is 11.9. The average Bonchev–Trinajstić information content (AvgIpc) is 2.83. The molecular formula is C16H22N2O. The number of rotatable bonds is 6. The van der Waals surface area contributed by atoms with Gasteiger partial charge in [0, 0.05) is 31.5 Å². The Labute approximate surface area is 115 Å². The summed E-state index contributed by atoms with van der Waals surface area (Å²) in [5.41, 5.74) is 2.57. The Hall–Kier alpha value is -1.74. The van der Waals surface area contributed by atoms with Crippen LogP contribution in [0.5, 0.6) is 5.75 Å². The highest BCUT2D eigenvalue weighted by molar-refractivity contribution is 5.29. The van der Waals surface area contributed by atoms with E-state index in [1.165, 1.54) is 11.3 Å². The Kier molecular flexibility index (Phi) is 4.63. The van der Waals surface area contributed by atoms with E-state index in [0.29, 0.717) is 12.6 Å². The van der Waals surface area contributed by atoms with E-state index in [1.54, 1.807) is 0 Å². The molecule has 1 aromatic heterocycles. The monoisotopic (exact) mass is 258 g/mol. The maximum absolute atomic E-state index is 5.45. The minimum Gasteiger partial charge on any atom is -0.494 e. The lowest BCUT2D eigenvalue weighted by molar-refractivity contribution is 0.340. The summed E-state index contributed by atoms with van der Waals surface area (Å²) in [4.78, 5) is 0. The molecular weight excluding hydrogens is 236 g/mol. The molecule has 0 saturated heterocycles. The van der Waals surface area contributed by atoms with Gasteiger partial charge in [-0.15, -0.1) is 0 Å². The second-order valence-electron chi connectivity index (χ2n) is 4.72. The van der Waals surface area contributed by atoms with Crippen LogP contribution < -0.4 is 10.1 Å². The highest BCUT2D eigenvalue weighted by Gasteiger charge is 2.06. The molecule has 1 heterocycles. The van der Waals surface area contributed by atoms with Gasteiger partial charge in [0.05, 0.1) is 6.61 Å².